The number of aliphatic imine (C=N–C) groups is 1. The molecule has 0 saturated heterocycles. The zero-order valence-corrected chi connectivity index (χ0v) is 5.93. The molecule has 3 N–H and O–H groups in total. The van der Waals surface area contributed by atoms with Crippen molar-refractivity contribution in [3.8, 4) is 0 Å². The number of hydrogen-bond acceptors (Lipinski definition) is 2. The summed E-state index contributed by atoms with van der Waals surface area (Å²) in [6.07, 6.45) is 0.736. The van der Waals surface area contributed by atoms with Crippen LogP contribution >= 0.6 is 0 Å². The van der Waals surface area contributed by atoms with Gasteiger partial charge in [-0.05, 0) is 0 Å². The molecular formula is C5H11ClN2O. The minimum absolute atomic E-state index is 0. The van der Waals surface area contributed by atoms with Gasteiger partial charge in [-0.15, -0.1) is 0 Å². The van der Waals surface area contributed by atoms with Crippen LogP contribution < -0.4 is 17.7 Å². The highest BCUT2D eigenvalue weighted by Crippen LogP contribution is 1.80. The number of hydrogen-bond donors (Lipinski definition) is 2. The predicted octanol–water partition coefficient (Wildman–Crippen LogP) is -4.65. The Morgan fingerprint density at radius 2 is 2.44 bits per heavy atom. The molecule has 0 amide bonds. The maximum absolute atomic E-state index is 8.43. The van der Waals surface area contributed by atoms with Crippen LogP contribution in [0.25, 0.3) is 0 Å². The molecule has 0 aliphatic carbocycles. The van der Waals surface area contributed by atoms with Crippen LogP contribution in [-0.2, 0) is 0 Å². The van der Waals surface area contributed by atoms with Gasteiger partial charge in [-0.25, -0.2) is 4.99 Å². The van der Waals surface area contributed by atoms with E-state index >= 15 is 0 Å². The summed E-state index contributed by atoms with van der Waals surface area (Å²) < 4.78 is 0. The average Bonchev–Trinajstić information content (AvgIpc) is 2.19. The Bertz CT molecular complexity index is 105. The highest BCUT2D eigenvalue weighted by atomic mass is 35.5. The van der Waals surface area contributed by atoms with Gasteiger partial charge in [-0.1, -0.05) is 0 Å². The molecule has 1 rings (SSSR count). The van der Waals surface area contributed by atoms with Crippen molar-refractivity contribution in [2.45, 2.75) is 6.42 Å². The van der Waals surface area contributed by atoms with E-state index in [1.807, 2.05) is 0 Å². The lowest BCUT2D eigenvalue weighted by Gasteiger charge is -1.89. The number of halogens is 1. The SMILES string of the molecule is OCCC1=NCC[NH2+]1.[Cl-]. The van der Waals surface area contributed by atoms with Gasteiger partial charge in [0.25, 0.3) is 0 Å². The Kier molecular flexibility index (Phi) is 4.67. The largest absolute Gasteiger partial charge is 1.00 e. The highest BCUT2D eigenvalue weighted by Gasteiger charge is 2.07. The molecule has 0 saturated carbocycles. The van der Waals surface area contributed by atoms with Crippen molar-refractivity contribution in [1.29, 1.82) is 0 Å². The van der Waals surface area contributed by atoms with E-state index in [4.69, 9.17) is 5.11 Å². The molecule has 0 radical (unpaired) electrons. The standard InChI is InChI=1S/C5H10N2O.ClH/c8-4-1-5-6-2-3-7-5;/h8H,1-4H2,(H,6,7);1H. The van der Waals surface area contributed by atoms with E-state index < -0.39 is 0 Å². The first-order valence-corrected chi connectivity index (χ1v) is 2.91. The molecule has 0 atom stereocenters. The average molecular weight is 151 g/mol. The summed E-state index contributed by atoms with van der Waals surface area (Å²) in [4.78, 5) is 4.13. The molecule has 0 unspecified atom stereocenters. The molecule has 0 aromatic carbocycles. The van der Waals surface area contributed by atoms with Gasteiger partial charge < -0.3 is 17.5 Å². The summed E-state index contributed by atoms with van der Waals surface area (Å²) in [7, 11) is 0. The molecule has 1 heterocycles. The van der Waals surface area contributed by atoms with Crippen molar-refractivity contribution < 1.29 is 22.8 Å². The quantitative estimate of drug-likeness (QED) is 0.409. The zero-order valence-electron chi connectivity index (χ0n) is 5.18. The molecule has 0 spiro atoms. The Morgan fingerprint density at radius 1 is 1.67 bits per heavy atom. The maximum atomic E-state index is 8.43. The Balaban J connectivity index is 0.000000640. The van der Waals surface area contributed by atoms with Crippen molar-refractivity contribution in [3.63, 3.8) is 0 Å². The van der Waals surface area contributed by atoms with Crippen molar-refractivity contribution in [2.75, 3.05) is 19.7 Å². The van der Waals surface area contributed by atoms with E-state index in [0.29, 0.717) is 0 Å². The second kappa shape index (κ2) is 4.73. The highest BCUT2D eigenvalue weighted by molar-refractivity contribution is 5.73. The van der Waals surface area contributed by atoms with Crippen LogP contribution in [0.2, 0.25) is 0 Å². The fourth-order valence-electron chi connectivity index (χ4n) is 0.800. The molecule has 1 aliphatic heterocycles. The fraction of sp³-hybridized carbons (Fsp3) is 0.800. The first kappa shape index (κ1) is 8.88. The topological polar surface area (TPSA) is 49.2 Å². The number of quaternary nitrogens is 1. The van der Waals surface area contributed by atoms with E-state index in [0.717, 1.165) is 25.3 Å². The lowest BCUT2D eigenvalue weighted by atomic mass is 10.4. The number of nitrogens with two attached hydrogens (primary N) is 1. The molecule has 0 bridgehead atoms. The summed E-state index contributed by atoms with van der Waals surface area (Å²) in [6, 6.07) is 0. The summed E-state index contributed by atoms with van der Waals surface area (Å²) in [5.41, 5.74) is 0. The molecule has 0 aromatic heterocycles. The zero-order chi connectivity index (χ0) is 5.82. The van der Waals surface area contributed by atoms with Crippen molar-refractivity contribution in [2.24, 2.45) is 4.99 Å². The van der Waals surface area contributed by atoms with Crippen molar-refractivity contribution >= 4 is 5.84 Å². The molecule has 9 heavy (non-hydrogen) atoms. The Hall–Kier alpha value is -0.120. The van der Waals surface area contributed by atoms with E-state index in [9.17, 15) is 0 Å². The second-order valence-electron chi connectivity index (χ2n) is 1.84. The monoisotopic (exact) mass is 150 g/mol. The van der Waals surface area contributed by atoms with Gasteiger partial charge in [0.2, 0.25) is 0 Å². The summed E-state index contributed by atoms with van der Waals surface area (Å²) in [6.45, 7) is 2.22. The van der Waals surface area contributed by atoms with Crippen LogP contribution in [0.5, 0.6) is 0 Å². The molecule has 54 valence electrons. The van der Waals surface area contributed by atoms with E-state index in [1.54, 1.807) is 0 Å². The van der Waals surface area contributed by atoms with Gasteiger partial charge in [0, 0.05) is 0 Å². The van der Waals surface area contributed by atoms with E-state index in [2.05, 4.69) is 10.3 Å². The third-order valence-electron chi connectivity index (χ3n) is 1.19. The van der Waals surface area contributed by atoms with Crippen LogP contribution in [0.1, 0.15) is 6.42 Å². The van der Waals surface area contributed by atoms with Gasteiger partial charge in [-0.3, -0.25) is 5.32 Å². The number of amidine groups is 1. The Labute approximate surface area is 60.6 Å². The normalized spacial score (nSPS) is 16.8. The first-order chi connectivity index (χ1) is 3.93. The molecular weight excluding hydrogens is 140 g/mol. The molecule has 3 nitrogen and oxygen atoms in total. The minimum Gasteiger partial charge on any atom is -1.00 e. The smallest absolute Gasteiger partial charge is 0.197 e. The van der Waals surface area contributed by atoms with Gasteiger partial charge >= 0.3 is 0 Å². The third kappa shape index (κ3) is 2.79. The van der Waals surface area contributed by atoms with Crippen LogP contribution in [0.3, 0.4) is 0 Å². The molecule has 1 aliphatic rings. The lowest BCUT2D eigenvalue weighted by Crippen LogP contribution is -3.00. The van der Waals surface area contributed by atoms with Crippen LogP contribution in [0, 0.1) is 0 Å². The Morgan fingerprint density at radius 3 is 2.89 bits per heavy atom. The molecule has 0 fully saturated rings. The van der Waals surface area contributed by atoms with Crippen molar-refractivity contribution in [3.05, 3.63) is 0 Å². The van der Waals surface area contributed by atoms with E-state index in [-0.39, 0.29) is 19.0 Å². The third-order valence-corrected chi connectivity index (χ3v) is 1.19. The number of rotatable bonds is 2. The van der Waals surface area contributed by atoms with Gasteiger partial charge in [0.1, 0.15) is 6.54 Å². The molecule has 4 heteroatoms. The lowest BCUT2D eigenvalue weighted by molar-refractivity contribution is -0.530. The van der Waals surface area contributed by atoms with Crippen LogP contribution in [0.4, 0.5) is 0 Å². The summed E-state index contributed by atoms with van der Waals surface area (Å²) in [5, 5.41) is 10.5. The summed E-state index contributed by atoms with van der Waals surface area (Å²) >= 11 is 0. The molecule has 0 aromatic rings. The minimum atomic E-state index is 0. The second-order valence-corrected chi connectivity index (χ2v) is 1.84. The number of nitrogens with zero attached hydrogens (tertiary/aromatic N) is 1. The van der Waals surface area contributed by atoms with Gasteiger partial charge in [0.05, 0.1) is 19.6 Å². The predicted molar refractivity (Wildman–Crippen MR) is 30.8 cm³/mol. The number of aliphatic hydroxyl groups is 1. The van der Waals surface area contributed by atoms with Crippen molar-refractivity contribution in [1.82, 2.24) is 0 Å². The van der Waals surface area contributed by atoms with E-state index in [1.165, 1.54) is 0 Å². The summed E-state index contributed by atoms with van der Waals surface area (Å²) in [5.74, 6) is 1.08. The van der Waals surface area contributed by atoms with Crippen LogP contribution in [-0.4, -0.2) is 30.6 Å². The van der Waals surface area contributed by atoms with Crippen LogP contribution in [0.15, 0.2) is 4.99 Å². The number of aliphatic hydroxyl groups excluding tert-OH is 1. The van der Waals surface area contributed by atoms with Gasteiger partial charge in [0.15, 0.2) is 5.84 Å². The van der Waals surface area contributed by atoms with Gasteiger partial charge in [-0.2, -0.15) is 0 Å². The fourth-order valence-corrected chi connectivity index (χ4v) is 0.800. The maximum Gasteiger partial charge on any atom is 0.197 e. The first-order valence-electron chi connectivity index (χ1n) is 2.91.